The number of aliphatic hydroxyl groups is 1. The fourth-order valence-corrected chi connectivity index (χ4v) is 11.2. The summed E-state index contributed by atoms with van der Waals surface area (Å²) in [5.41, 5.74) is 18.2. The Balaban J connectivity index is 2.29. The van der Waals surface area contributed by atoms with E-state index in [2.05, 4.69) is 60.1 Å². The average molecular weight is 1600 g/mol. The van der Waals surface area contributed by atoms with Crippen molar-refractivity contribution in [2.75, 3.05) is 32.0 Å². The Morgan fingerprint density at radius 2 is 1.06 bits per heavy atom. The number of carboxylic acid groups (broad SMARTS) is 4. The van der Waals surface area contributed by atoms with Gasteiger partial charge in [0, 0.05) is 30.5 Å². The molecule has 0 aromatic heterocycles. The lowest BCUT2D eigenvalue weighted by Crippen LogP contribution is -2.62. The van der Waals surface area contributed by atoms with Gasteiger partial charge in [0.1, 0.15) is 72.6 Å². The normalized spacial score (nSPS) is 21.3. The molecule has 622 valence electrons. The molecule has 14 amide bonds. The SMILES string of the molecule is CCCCCCCCCC(=O)N[C@@H](Cc1ccc(C)cc1)C(=O)N[C@@H](CC(N)=O)C(=O)N[C@@H](CC(=O)O)C(=O)N[C@@H]1C(=O)NCC(=O)N[C@@H](CCCN)C(=O)N[C@@H](CC(=O)O)C(=O)N[C@H](C)C(=O)N[C@@H](CC(=O)O)C(=O)NCC(=O)N[C@H](CO)C(=O)N[C@@H]([C@@H](C)CC(=O)O)C(=O)N[C@@H](CC(=O)c2ccccc2N)C(=O)O[C@@H]1C. The van der Waals surface area contributed by atoms with Crippen LogP contribution >= 0.6 is 0 Å². The molecule has 24 N–H and O–H groups in total. The quantitative estimate of drug-likeness (QED) is 0.0132. The number of rotatable bonds is 35. The number of carbonyl (C=O) groups is 20. The van der Waals surface area contributed by atoms with Crippen molar-refractivity contribution in [1.82, 2.24) is 69.1 Å². The first kappa shape index (κ1) is 95.0. The highest BCUT2D eigenvalue weighted by Gasteiger charge is 2.41. The number of aryl methyl sites for hydroxylation is 1. The molecule has 13 atom stereocenters. The zero-order chi connectivity index (χ0) is 84.8. The van der Waals surface area contributed by atoms with Crippen LogP contribution in [0.2, 0.25) is 0 Å². The predicted molar refractivity (Wildman–Crippen MR) is 393 cm³/mol. The third-order valence-electron chi connectivity index (χ3n) is 17.3. The van der Waals surface area contributed by atoms with E-state index >= 15 is 0 Å². The van der Waals surface area contributed by atoms with Gasteiger partial charge in [0.05, 0.1) is 51.8 Å². The van der Waals surface area contributed by atoms with Gasteiger partial charge < -0.3 is 117 Å². The molecule has 113 heavy (non-hydrogen) atoms. The number of nitrogens with one attached hydrogen (secondary N) is 13. The molecule has 1 fully saturated rings. The number of benzene rings is 2. The van der Waals surface area contributed by atoms with Crippen LogP contribution < -0.4 is 86.3 Å². The number of esters is 1. The third kappa shape index (κ3) is 34.7. The van der Waals surface area contributed by atoms with Gasteiger partial charge in [-0.3, -0.25) is 91.1 Å². The van der Waals surface area contributed by atoms with Crippen LogP contribution in [0.3, 0.4) is 0 Å². The van der Waals surface area contributed by atoms with E-state index in [4.69, 9.17) is 21.9 Å². The number of nitrogen functional groups attached to an aromatic ring is 1. The number of aliphatic hydroxyl groups excluding tert-OH is 1. The van der Waals surface area contributed by atoms with Gasteiger partial charge >= 0.3 is 29.8 Å². The standard InChI is InChI=1S/C71H102N16O26/c1-6-7-8-9-10-11-12-19-52(91)79-43(26-39-22-20-35(2)21-23-39)65(106)82-44(28-51(74)90)66(107)84-47(31-58(100)101)67(108)87-60-38(5)113-71(112)48(27-50(89)40-16-13-14-17-41(40)73)85-70(111)59(36(3)25-55(94)95)86-68(109)49(34-88)80-54(93)32-75-62(103)45(29-56(96)97)81-61(102)37(4)77-64(105)46(30-57(98)99)83-63(104)42(18-15-24-72)78-53(92)33-76-69(60)110/h13-14,16-17,20-23,36-38,42-49,59-60,88H,6-12,15,18-19,24-34,72-73H2,1-5H3,(H2,74,90)(H,75,103)(H,76,110)(H,77,105)(H,78,92)(H,79,91)(H,80,93)(H,81,102)(H,82,106)(H,83,104)(H,84,107)(H,85,111)(H,86,109)(H,87,108)(H,94,95)(H,96,97)(H,98,99)(H,100,101)/t36-,37+,38+,42-,43-,44-,45-,46-,47-,48-,49+,59-,60-/m0/s1. The minimum Gasteiger partial charge on any atom is -0.481 e. The van der Waals surface area contributed by atoms with Crippen LogP contribution in [0, 0.1) is 12.8 Å². The summed E-state index contributed by atoms with van der Waals surface area (Å²) in [6, 6.07) is -10.6. The smallest absolute Gasteiger partial charge is 0.329 e. The Bertz CT molecular complexity index is 3770. The van der Waals surface area contributed by atoms with Crippen molar-refractivity contribution in [2.24, 2.45) is 17.4 Å². The number of para-hydroxylation sites is 1. The molecule has 0 aliphatic carbocycles. The van der Waals surface area contributed by atoms with E-state index < -0.39 is 261 Å². The molecule has 1 aliphatic rings. The molecule has 0 radical (unpaired) electrons. The Morgan fingerprint density at radius 1 is 0.540 bits per heavy atom. The van der Waals surface area contributed by atoms with Crippen molar-refractivity contribution >= 4 is 124 Å². The van der Waals surface area contributed by atoms with Crippen molar-refractivity contribution in [3.05, 3.63) is 65.2 Å². The second-order valence-corrected chi connectivity index (χ2v) is 26.9. The fraction of sp³-hybridized carbons (Fsp3) is 0.549. The lowest BCUT2D eigenvalue weighted by Gasteiger charge is -2.30. The summed E-state index contributed by atoms with van der Waals surface area (Å²) >= 11 is 0. The Labute approximate surface area is 647 Å². The number of hydrogen-bond acceptors (Lipinski definition) is 24. The molecule has 2 aromatic rings. The van der Waals surface area contributed by atoms with Crippen LogP contribution in [0.5, 0.6) is 0 Å². The van der Waals surface area contributed by atoms with E-state index in [1.165, 1.54) is 24.3 Å². The molecule has 2 aromatic carbocycles. The summed E-state index contributed by atoms with van der Waals surface area (Å²) in [4.78, 5) is 272. The van der Waals surface area contributed by atoms with Crippen LogP contribution in [0.15, 0.2) is 48.5 Å². The maximum absolute atomic E-state index is 14.8. The van der Waals surface area contributed by atoms with Gasteiger partial charge in [-0.1, -0.05) is 94.3 Å². The molecule has 0 spiro atoms. The highest BCUT2D eigenvalue weighted by Crippen LogP contribution is 2.19. The lowest BCUT2D eigenvalue weighted by molar-refractivity contribution is -0.156. The van der Waals surface area contributed by atoms with Crippen molar-refractivity contribution in [1.29, 1.82) is 0 Å². The number of ketones is 1. The molecule has 0 saturated carbocycles. The predicted octanol–water partition coefficient (Wildman–Crippen LogP) is -5.79. The molecule has 1 aliphatic heterocycles. The van der Waals surface area contributed by atoms with E-state index in [1.807, 2.05) is 16.0 Å². The monoisotopic (exact) mass is 1590 g/mol. The van der Waals surface area contributed by atoms with Gasteiger partial charge in [-0.05, 0) is 70.2 Å². The topological polar surface area (TPSA) is 686 Å². The number of carboxylic acids is 4. The van der Waals surface area contributed by atoms with Crippen LogP contribution in [0.1, 0.15) is 152 Å². The molecule has 3 rings (SSSR count). The minimum absolute atomic E-state index is 0.00470. The molecular formula is C71H102N16O26. The number of unbranched alkanes of at least 4 members (excludes halogenated alkanes) is 6. The molecule has 42 heteroatoms. The summed E-state index contributed by atoms with van der Waals surface area (Å²) in [6.07, 6.45) is -3.77. The Kier molecular flexibility index (Phi) is 40.7. The number of primary amides is 1. The average Bonchev–Trinajstić information content (AvgIpc) is 0.851. The minimum atomic E-state index is -2.44. The van der Waals surface area contributed by atoms with E-state index in [9.17, 15) is 121 Å². The number of cyclic esters (lactones) is 1. The number of carbonyl (C=O) groups excluding carboxylic acids is 16. The highest BCUT2D eigenvalue weighted by molar-refractivity contribution is 6.05. The summed E-state index contributed by atoms with van der Waals surface area (Å²) in [5.74, 6) is -29.7. The number of nitrogens with two attached hydrogens (primary N) is 3. The van der Waals surface area contributed by atoms with Crippen LogP contribution in [0.25, 0.3) is 0 Å². The van der Waals surface area contributed by atoms with Crippen molar-refractivity contribution in [2.45, 2.75) is 216 Å². The van der Waals surface area contributed by atoms with Crippen LogP contribution in [0.4, 0.5) is 5.69 Å². The summed E-state index contributed by atoms with van der Waals surface area (Å²) < 4.78 is 5.67. The van der Waals surface area contributed by atoms with Crippen LogP contribution in [-0.4, -0.2) is 243 Å². The second-order valence-electron chi connectivity index (χ2n) is 26.9. The van der Waals surface area contributed by atoms with Gasteiger partial charge in [-0.25, -0.2) is 4.79 Å². The number of Topliss-reactive ketones (excluding diaryl/α,β-unsaturated/α-hetero) is 1. The summed E-state index contributed by atoms with van der Waals surface area (Å²) in [6.45, 7) is 2.92. The number of amides is 14. The van der Waals surface area contributed by atoms with E-state index in [1.54, 1.807) is 31.2 Å². The Morgan fingerprint density at radius 3 is 1.63 bits per heavy atom. The zero-order valence-corrected chi connectivity index (χ0v) is 63.0. The van der Waals surface area contributed by atoms with Crippen molar-refractivity contribution in [3.63, 3.8) is 0 Å². The number of hydrogen-bond donors (Lipinski definition) is 21. The molecule has 0 unspecified atom stereocenters. The van der Waals surface area contributed by atoms with E-state index in [0.29, 0.717) is 18.4 Å². The molecular weight excluding hydrogens is 1490 g/mol. The lowest BCUT2D eigenvalue weighted by atomic mass is 9.96. The van der Waals surface area contributed by atoms with Gasteiger partial charge in [-0.2, -0.15) is 0 Å². The third-order valence-corrected chi connectivity index (χ3v) is 17.3. The molecule has 1 heterocycles. The second kappa shape index (κ2) is 48.4. The zero-order valence-electron chi connectivity index (χ0n) is 63.0. The maximum Gasteiger partial charge on any atom is 0.329 e. The first-order valence-electron chi connectivity index (χ1n) is 36.2. The molecule has 42 nitrogen and oxygen atoms in total. The van der Waals surface area contributed by atoms with Gasteiger partial charge in [0.25, 0.3) is 0 Å². The summed E-state index contributed by atoms with van der Waals surface area (Å²) in [5, 5.41) is 77.9. The van der Waals surface area contributed by atoms with E-state index in [0.717, 1.165) is 58.4 Å². The number of anilines is 1. The first-order chi connectivity index (χ1) is 53.3. The van der Waals surface area contributed by atoms with E-state index in [-0.39, 0.29) is 37.1 Å². The van der Waals surface area contributed by atoms with Gasteiger partial charge in [0.2, 0.25) is 82.7 Å². The fourth-order valence-electron chi connectivity index (χ4n) is 11.2. The van der Waals surface area contributed by atoms with Gasteiger partial charge in [-0.15, -0.1) is 0 Å². The molecule has 1 saturated heterocycles. The summed E-state index contributed by atoms with van der Waals surface area (Å²) in [7, 11) is 0. The van der Waals surface area contributed by atoms with Crippen molar-refractivity contribution < 1.29 is 126 Å². The first-order valence-corrected chi connectivity index (χ1v) is 36.2. The number of ether oxygens (including phenoxy) is 1. The van der Waals surface area contributed by atoms with Crippen LogP contribution in [-0.2, 0) is 102 Å². The molecule has 0 bridgehead atoms. The Hall–Kier alpha value is -12.2. The highest BCUT2D eigenvalue weighted by atomic mass is 16.5. The largest absolute Gasteiger partial charge is 0.481 e. The maximum atomic E-state index is 14.8. The number of aliphatic carboxylic acids is 4. The van der Waals surface area contributed by atoms with Gasteiger partial charge in [0.15, 0.2) is 5.78 Å². The van der Waals surface area contributed by atoms with Crippen molar-refractivity contribution in [3.8, 4) is 0 Å².